The summed E-state index contributed by atoms with van der Waals surface area (Å²) in [6.45, 7) is 3.32. The van der Waals surface area contributed by atoms with Crippen LogP contribution in [0.2, 0.25) is 0 Å². The molecular formula is C28H38N5O8P. The molecule has 2 saturated heterocycles. The van der Waals surface area contributed by atoms with Crippen LogP contribution in [0, 0.1) is 0 Å². The van der Waals surface area contributed by atoms with Gasteiger partial charge in [0.1, 0.15) is 11.9 Å². The number of carbonyl (C=O) groups excluding carboxylic acids is 3. The molecule has 0 saturated carbocycles. The van der Waals surface area contributed by atoms with Crippen molar-refractivity contribution in [1.29, 1.82) is 0 Å². The number of nitrogens with one attached hydrogen (secondary N) is 1. The molecule has 1 aromatic carbocycles. The van der Waals surface area contributed by atoms with Gasteiger partial charge in [-0.2, -0.15) is 0 Å². The third-order valence-electron chi connectivity index (χ3n) is 7.32. The van der Waals surface area contributed by atoms with Crippen molar-refractivity contribution in [2.45, 2.75) is 44.6 Å². The lowest BCUT2D eigenvalue weighted by Gasteiger charge is -2.36. The monoisotopic (exact) mass is 603 g/mol. The number of benzene rings is 1. The molecule has 2 aromatic rings. The van der Waals surface area contributed by atoms with E-state index in [1.165, 1.54) is 15.9 Å². The van der Waals surface area contributed by atoms with E-state index in [1.54, 1.807) is 7.11 Å². The highest BCUT2D eigenvalue weighted by Crippen LogP contribution is 2.41. The lowest BCUT2D eigenvalue weighted by molar-refractivity contribution is -0.133. The Hall–Kier alpha value is -3.51. The topological polar surface area (TPSA) is 162 Å². The molecule has 13 nitrogen and oxygen atoms in total. The molecule has 0 spiro atoms. The molecule has 0 radical (unpaired) electrons. The maximum Gasteiger partial charge on any atom is 0.409 e. The number of methoxy groups -OCH3 is 1. The van der Waals surface area contributed by atoms with Gasteiger partial charge in [0.15, 0.2) is 0 Å². The molecule has 0 bridgehead atoms. The van der Waals surface area contributed by atoms with Crippen LogP contribution < -0.4 is 10.2 Å². The Labute approximate surface area is 244 Å². The average molecular weight is 604 g/mol. The summed E-state index contributed by atoms with van der Waals surface area (Å²) in [7, 11) is -3.52. The maximum absolute atomic E-state index is 13.5. The minimum Gasteiger partial charge on any atom is -0.449 e. The molecule has 1 aromatic heterocycles. The molecule has 0 aliphatic carbocycles. The van der Waals surface area contributed by atoms with Crippen molar-refractivity contribution in [3.63, 3.8) is 0 Å². The summed E-state index contributed by atoms with van der Waals surface area (Å²) in [5.41, 5.74) is 1.80. The minimum atomic E-state index is -5.13. The van der Waals surface area contributed by atoms with E-state index in [0.717, 1.165) is 31.2 Å². The van der Waals surface area contributed by atoms with Gasteiger partial charge in [-0.15, -0.1) is 0 Å². The SMILES string of the molecule is CCCCOC(=O)N1CCN(C(=O)[C@@H](NC(=O)c2cc(N3CCC[C@@H]3OC)cc(-c3ccccc3)n2)P(=O)(O)O)CC1. The standard InChI is InChI=1S/C28H38N5O8P/c1-3-4-17-41-28(36)32-15-13-31(14-16-32)27(35)26(42(37,38)39)30-25(34)23-19-21(33-12-8-11-24(33)40-2)18-22(29-23)20-9-6-5-7-10-20/h5-7,9-10,18-19,24,26H,3-4,8,11-17H2,1-2H3,(H,30,34)(H2,37,38,39)/t24-,26-/m0/s1. The van der Waals surface area contributed by atoms with E-state index in [-0.39, 0.29) is 38.1 Å². The van der Waals surface area contributed by atoms with E-state index in [1.807, 2.05) is 48.2 Å². The number of carbonyl (C=O) groups is 3. The third-order valence-corrected chi connectivity index (χ3v) is 8.35. The van der Waals surface area contributed by atoms with Gasteiger partial charge in [0, 0.05) is 51.1 Å². The Kier molecular flexibility index (Phi) is 10.6. The summed E-state index contributed by atoms with van der Waals surface area (Å²) in [5.74, 6) is -3.95. The zero-order valence-corrected chi connectivity index (χ0v) is 24.7. The van der Waals surface area contributed by atoms with Crippen molar-refractivity contribution < 1.29 is 38.2 Å². The van der Waals surface area contributed by atoms with Gasteiger partial charge in [-0.05, 0) is 31.4 Å². The van der Waals surface area contributed by atoms with Gasteiger partial charge in [0.05, 0.1) is 12.3 Å². The van der Waals surface area contributed by atoms with E-state index in [0.29, 0.717) is 24.5 Å². The fourth-order valence-corrected chi connectivity index (χ4v) is 5.73. The lowest BCUT2D eigenvalue weighted by atomic mass is 10.1. The van der Waals surface area contributed by atoms with Crippen molar-refractivity contribution in [3.05, 3.63) is 48.2 Å². The smallest absolute Gasteiger partial charge is 0.409 e. The first-order valence-corrected chi connectivity index (χ1v) is 15.7. The molecule has 3 amide bonds. The molecule has 228 valence electrons. The highest BCUT2D eigenvalue weighted by atomic mass is 31.2. The Morgan fingerprint density at radius 1 is 1.07 bits per heavy atom. The highest BCUT2D eigenvalue weighted by molar-refractivity contribution is 7.53. The number of hydrogen-bond acceptors (Lipinski definition) is 8. The summed E-state index contributed by atoms with van der Waals surface area (Å²) in [5, 5.41) is 2.25. The van der Waals surface area contributed by atoms with Crippen LogP contribution in [0.1, 0.15) is 43.1 Å². The predicted octanol–water partition coefficient (Wildman–Crippen LogP) is 2.64. The second-order valence-electron chi connectivity index (χ2n) is 10.2. The van der Waals surface area contributed by atoms with Crippen molar-refractivity contribution in [1.82, 2.24) is 20.1 Å². The molecule has 3 N–H and O–H groups in total. The van der Waals surface area contributed by atoms with E-state index in [4.69, 9.17) is 9.47 Å². The largest absolute Gasteiger partial charge is 0.449 e. The first-order valence-electron chi connectivity index (χ1n) is 14.1. The molecule has 3 heterocycles. The number of nitrogens with zero attached hydrogens (tertiary/aromatic N) is 4. The molecular weight excluding hydrogens is 565 g/mol. The summed E-state index contributed by atoms with van der Waals surface area (Å²) in [6, 6.07) is 12.6. The minimum absolute atomic E-state index is 0.0351. The number of anilines is 1. The van der Waals surface area contributed by atoms with Crippen molar-refractivity contribution >= 4 is 31.2 Å². The number of unbranched alkanes of at least 4 members (excludes halogenated alkanes) is 1. The Bertz CT molecular complexity index is 1300. The molecule has 0 unspecified atom stereocenters. The molecule has 2 aliphatic rings. The van der Waals surface area contributed by atoms with Crippen molar-refractivity contribution in [3.8, 4) is 11.3 Å². The van der Waals surface area contributed by atoms with E-state index in [9.17, 15) is 28.7 Å². The van der Waals surface area contributed by atoms with Gasteiger partial charge in [-0.3, -0.25) is 14.2 Å². The van der Waals surface area contributed by atoms with Gasteiger partial charge in [-0.25, -0.2) is 9.78 Å². The highest BCUT2D eigenvalue weighted by Gasteiger charge is 2.41. The van der Waals surface area contributed by atoms with Crippen LogP contribution in [0.4, 0.5) is 10.5 Å². The van der Waals surface area contributed by atoms with E-state index >= 15 is 0 Å². The Morgan fingerprint density at radius 2 is 1.76 bits per heavy atom. The Morgan fingerprint density at radius 3 is 2.40 bits per heavy atom. The Balaban J connectivity index is 1.53. The number of pyridine rings is 1. The van der Waals surface area contributed by atoms with Gasteiger partial charge >= 0.3 is 13.7 Å². The van der Waals surface area contributed by atoms with Crippen molar-refractivity contribution in [2.24, 2.45) is 0 Å². The number of rotatable bonds is 10. The van der Waals surface area contributed by atoms with Crippen LogP contribution in [-0.2, 0) is 18.8 Å². The predicted molar refractivity (Wildman–Crippen MR) is 155 cm³/mol. The molecule has 14 heteroatoms. The second kappa shape index (κ2) is 14.1. The quantitative estimate of drug-likeness (QED) is 0.272. The number of hydrogen-bond donors (Lipinski definition) is 3. The number of ether oxygens (including phenoxy) is 2. The summed E-state index contributed by atoms with van der Waals surface area (Å²) < 4.78 is 23.3. The van der Waals surface area contributed by atoms with Crippen LogP contribution in [0.5, 0.6) is 0 Å². The number of piperazine rings is 1. The zero-order valence-electron chi connectivity index (χ0n) is 23.8. The number of amides is 3. The number of aromatic nitrogens is 1. The third kappa shape index (κ3) is 7.65. The normalized spacial score (nSPS) is 18.1. The van der Waals surface area contributed by atoms with Crippen LogP contribution in [0.3, 0.4) is 0 Å². The summed E-state index contributed by atoms with van der Waals surface area (Å²) >= 11 is 0. The molecule has 2 atom stereocenters. The van der Waals surface area contributed by atoms with Gasteiger partial charge < -0.3 is 39.3 Å². The first-order chi connectivity index (χ1) is 20.1. The first kappa shape index (κ1) is 31.4. The second-order valence-corrected chi connectivity index (χ2v) is 11.9. The lowest BCUT2D eigenvalue weighted by Crippen LogP contribution is -2.55. The molecule has 2 fully saturated rings. The van der Waals surface area contributed by atoms with Crippen LogP contribution in [-0.4, -0.2) is 101 Å². The van der Waals surface area contributed by atoms with Gasteiger partial charge in [0.2, 0.25) is 5.78 Å². The van der Waals surface area contributed by atoms with Crippen molar-refractivity contribution in [2.75, 3.05) is 51.3 Å². The van der Waals surface area contributed by atoms with Crippen LogP contribution in [0.25, 0.3) is 11.3 Å². The van der Waals surface area contributed by atoms with Gasteiger partial charge in [-0.1, -0.05) is 43.7 Å². The summed E-state index contributed by atoms with van der Waals surface area (Å²) in [4.78, 5) is 68.3. The fraction of sp³-hybridized carbons (Fsp3) is 0.500. The van der Waals surface area contributed by atoms with Gasteiger partial charge in [0.25, 0.3) is 11.8 Å². The zero-order chi connectivity index (χ0) is 30.3. The average Bonchev–Trinajstić information content (AvgIpc) is 3.48. The summed E-state index contributed by atoms with van der Waals surface area (Å²) in [6.07, 6.45) is 2.62. The maximum atomic E-state index is 13.5. The molecule has 2 aliphatic heterocycles. The molecule has 4 rings (SSSR count). The fourth-order valence-electron chi connectivity index (χ4n) is 5.00. The van der Waals surface area contributed by atoms with E-state index in [2.05, 4.69) is 10.3 Å². The molecule has 42 heavy (non-hydrogen) atoms. The van der Waals surface area contributed by atoms with Crippen LogP contribution >= 0.6 is 7.60 Å². The van der Waals surface area contributed by atoms with E-state index < -0.39 is 31.3 Å². The van der Waals surface area contributed by atoms with Crippen LogP contribution in [0.15, 0.2) is 42.5 Å².